The van der Waals surface area contributed by atoms with Crippen LogP contribution in [0, 0.1) is 35.5 Å². The van der Waals surface area contributed by atoms with E-state index in [4.69, 9.17) is 8.92 Å². The lowest BCUT2D eigenvalue weighted by Gasteiger charge is -2.56. The Morgan fingerprint density at radius 1 is 1.00 bits per heavy atom. The zero-order valence-corrected chi connectivity index (χ0v) is 21.7. The van der Waals surface area contributed by atoms with Gasteiger partial charge in [-0.3, -0.25) is 8.98 Å². The summed E-state index contributed by atoms with van der Waals surface area (Å²) >= 11 is 0. The van der Waals surface area contributed by atoms with Crippen molar-refractivity contribution in [3.05, 3.63) is 41.0 Å². The van der Waals surface area contributed by atoms with E-state index in [-0.39, 0.29) is 33.7 Å². The van der Waals surface area contributed by atoms with Crippen LogP contribution in [0.3, 0.4) is 0 Å². The lowest BCUT2D eigenvalue weighted by molar-refractivity contribution is -0.148. The normalized spacial score (nSPS) is 37.5. The zero-order valence-electron chi connectivity index (χ0n) is 20.9. The van der Waals surface area contributed by atoms with Crippen molar-refractivity contribution in [1.82, 2.24) is 0 Å². The molecule has 0 radical (unpaired) electrons. The number of fused-ring (bicyclic) bond motifs is 4. The largest absolute Gasteiger partial charge is 0.469 e. The van der Waals surface area contributed by atoms with Crippen molar-refractivity contribution < 1.29 is 22.1 Å². The summed E-state index contributed by atoms with van der Waals surface area (Å²) in [5.74, 6) is 0.947. The molecule has 1 aromatic rings. The van der Waals surface area contributed by atoms with Gasteiger partial charge >= 0.3 is 5.97 Å². The second-order valence-electron chi connectivity index (χ2n) is 11.6. The number of carbonyl (C=O) groups excluding carboxylic acids is 1. The second kappa shape index (κ2) is 8.48. The average Bonchev–Trinajstić information content (AvgIpc) is 3.16. The maximum Gasteiger partial charge on any atom is 0.309 e. The molecular formula is C28H38O5S. The molecule has 0 N–H and O–H groups in total. The third kappa shape index (κ3) is 3.76. The maximum absolute atomic E-state index is 12.9. The van der Waals surface area contributed by atoms with Crippen LogP contribution in [-0.4, -0.2) is 27.6 Å². The van der Waals surface area contributed by atoms with E-state index in [0.717, 1.165) is 63.4 Å². The SMILES string of the molecule is COC(=O)[C@H]1CCC2=C3CC[C@@H]4C[C@H](OS(=O)(=O)c5ccc(C)cc5)CC[C@]4(C)[C@H]3CC[C@@]21C. The number of allylic oxidation sites excluding steroid dienone is 2. The molecule has 0 aromatic heterocycles. The third-order valence-electron chi connectivity index (χ3n) is 10.0. The minimum Gasteiger partial charge on any atom is -0.469 e. The van der Waals surface area contributed by atoms with Crippen molar-refractivity contribution in [2.24, 2.45) is 28.6 Å². The number of esters is 1. The monoisotopic (exact) mass is 486 g/mol. The third-order valence-corrected chi connectivity index (χ3v) is 11.4. The van der Waals surface area contributed by atoms with Crippen LogP contribution in [0.15, 0.2) is 40.3 Å². The van der Waals surface area contributed by atoms with Gasteiger partial charge in [-0.25, -0.2) is 0 Å². The van der Waals surface area contributed by atoms with E-state index in [1.807, 2.05) is 19.1 Å². The molecule has 0 aliphatic heterocycles. The Balaban J connectivity index is 1.34. The number of hydrogen-bond acceptors (Lipinski definition) is 5. The Bertz CT molecular complexity index is 1100. The van der Waals surface area contributed by atoms with Gasteiger partial charge in [0.1, 0.15) is 0 Å². The second-order valence-corrected chi connectivity index (χ2v) is 13.2. The topological polar surface area (TPSA) is 69.7 Å². The van der Waals surface area contributed by atoms with E-state index < -0.39 is 10.1 Å². The standard InChI is InChI=1S/C28H38O5S/c1-18-5-8-21(9-6-18)34(30,31)33-20-13-15-27(2)19(17-20)7-10-22-23-11-12-25(26(29)32-4)28(23,3)16-14-24(22)27/h5-6,8-9,19-20,24-25H,7,10-17H2,1-4H3/t19-,20-,24+,25-,27+,28+/m1/s1. The molecule has 186 valence electrons. The van der Waals surface area contributed by atoms with Crippen LogP contribution in [0.5, 0.6) is 0 Å². The molecular weight excluding hydrogens is 448 g/mol. The number of rotatable bonds is 4. The van der Waals surface area contributed by atoms with Crippen LogP contribution in [0.2, 0.25) is 0 Å². The number of methoxy groups -OCH3 is 1. The summed E-state index contributed by atoms with van der Waals surface area (Å²) < 4.78 is 36.7. The number of carbonyl (C=O) groups is 1. The number of benzene rings is 1. The summed E-state index contributed by atoms with van der Waals surface area (Å²) in [5.41, 5.74) is 4.32. The van der Waals surface area contributed by atoms with Crippen LogP contribution in [0.4, 0.5) is 0 Å². The quantitative estimate of drug-likeness (QED) is 0.298. The molecule has 1 aromatic carbocycles. The summed E-state index contributed by atoms with van der Waals surface area (Å²) in [4.78, 5) is 12.7. The maximum atomic E-state index is 12.9. The van der Waals surface area contributed by atoms with Gasteiger partial charge in [-0.15, -0.1) is 0 Å². The van der Waals surface area contributed by atoms with Gasteiger partial charge in [0.2, 0.25) is 0 Å². The van der Waals surface area contributed by atoms with Gasteiger partial charge in [0.25, 0.3) is 10.1 Å². The lowest BCUT2D eigenvalue weighted by atomic mass is 9.49. The van der Waals surface area contributed by atoms with Crippen LogP contribution >= 0.6 is 0 Å². The first kappa shape index (κ1) is 24.1. The molecule has 6 atom stereocenters. The Morgan fingerprint density at radius 2 is 1.74 bits per heavy atom. The molecule has 3 saturated carbocycles. The molecule has 4 aliphatic carbocycles. The molecule has 3 fully saturated rings. The van der Waals surface area contributed by atoms with Crippen molar-refractivity contribution in [2.75, 3.05) is 7.11 Å². The molecule has 0 unspecified atom stereocenters. The van der Waals surface area contributed by atoms with E-state index >= 15 is 0 Å². The number of aryl methyl sites for hydroxylation is 1. The molecule has 0 spiro atoms. The summed E-state index contributed by atoms with van der Waals surface area (Å²) in [7, 11) is -2.24. The smallest absolute Gasteiger partial charge is 0.309 e. The van der Waals surface area contributed by atoms with Crippen LogP contribution in [-0.2, 0) is 23.8 Å². The predicted molar refractivity (Wildman–Crippen MR) is 131 cm³/mol. The minimum absolute atomic E-state index is 0.0115. The molecule has 0 bridgehead atoms. The van der Waals surface area contributed by atoms with E-state index in [1.165, 1.54) is 7.11 Å². The summed E-state index contributed by atoms with van der Waals surface area (Å²) in [6, 6.07) is 6.90. The van der Waals surface area contributed by atoms with E-state index in [0.29, 0.717) is 11.8 Å². The first-order valence-corrected chi connectivity index (χ1v) is 14.3. The van der Waals surface area contributed by atoms with Gasteiger partial charge in [0.05, 0.1) is 24.0 Å². The molecule has 4 aliphatic rings. The van der Waals surface area contributed by atoms with E-state index in [1.54, 1.807) is 23.3 Å². The Labute approximate surface area is 204 Å². The van der Waals surface area contributed by atoms with Gasteiger partial charge in [-0.2, -0.15) is 8.42 Å². The Morgan fingerprint density at radius 3 is 2.44 bits per heavy atom. The molecule has 34 heavy (non-hydrogen) atoms. The van der Waals surface area contributed by atoms with Crippen LogP contribution < -0.4 is 0 Å². The first-order chi connectivity index (χ1) is 16.1. The van der Waals surface area contributed by atoms with Gasteiger partial charge in [0.15, 0.2) is 0 Å². The molecule has 5 rings (SSSR count). The highest BCUT2D eigenvalue weighted by molar-refractivity contribution is 7.86. The number of hydrogen-bond donors (Lipinski definition) is 0. The lowest BCUT2D eigenvalue weighted by Crippen LogP contribution is -2.48. The fourth-order valence-corrected chi connectivity index (χ4v) is 9.11. The molecule has 0 saturated heterocycles. The zero-order chi connectivity index (χ0) is 24.3. The van der Waals surface area contributed by atoms with Gasteiger partial charge in [0, 0.05) is 5.41 Å². The van der Waals surface area contributed by atoms with E-state index in [2.05, 4.69) is 13.8 Å². The molecule has 5 nitrogen and oxygen atoms in total. The van der Waals surface area contributed by atoms with Crippen molar-refractivity contribution in [3.8, 4) is 0 Å². The Hall–Kier alpha value is -1.66. The minimum atomic E-state index is -3.75. The van der Waals surface area contributed by atoms with E-state index in [9.17, 15) is 13.2 Å². The van der Waals surface area contributed by atoms with Gasteiger partial charge in [-0.05, 0) is 94.1 Å². The van der Waals surface area contributed by atoms with Crippen molar-refractivity contribution in [3.63, 3.8) is 0 Å². The average molecular weight is 487 g/mol. The summed E-state index contributed by atoms with van der Waals surface area (Å²) in [5, 5.41) is 0. The van der Waals surface area contributed by atoms with Crippen LogP contribution in [0.1, 0.15) is 77.2 Å². The van der Waals surface area contributed by atoms with Crippen molar-refractivity contribution in [2.45, 2.75) is 89.6 Å². The highest BCUT2D eigenvalue weighted by Crippen LogP contribution is 2.65. The summed E-state index contributed by atoms with van der Waals surface area (Å²) in [6.45, 7) is 6.66. The Kier molecular flexibility index (Phi) is 6.00. The summed E-state index contributed by atoms with van der Waals surface area (Å²) in [6.07, 6.45) is 8.56. The van der Waals surface area contributed by atoms with Crippen molar-refractivity contribution in [1.29, 1.82) is 0 Å². The van der Waals surface area contributed by atoms with Crippen LogP contribution in [0.25, 0.3) is 0 Å². The highest BCUT2D eigenvalue weighted by Gasteiger charge is 2.56. The predicted octanol–water partition coefficient (Wildman–Crippen LogP) is 5.97. The first-order valence-electron chi connectivity index (χ1n) is 12.9. The molecule has 0 amide bonds. The number of ether oxygens (including phenoxy) is 1. The van der Waals surface area contributed by atoms with Gasteiger partial charge in [-0.1, -0.05) is 42.7 Å². The fourth-order valence-electron chi connectivity index (χ4n) is 8.00. The fraction of sp³-hybridized carbons (Fsp3) is 0.679. The molecule has 6 heteroatoms. The molecule has 0 heterocycles. The highest BCUT2D eigenvalue weighted by atomic mass is 32.2. The van der Waals surface area contributed by atoms with Gasteiger partial charge < -0.3 is 4.74 Å². The van der Waals surface area contributed by atoms with Crippen molar-refractivity contribution >= 4 is 16.1 Å².